The van der Waals surface area contributed by atoms with E-state index in [1.54, 1.807) is 12.1 Å². The molecule has 0 fully saturated rings. The van der Waals surface area contributed by atoms with Crippen molar-refractivity contribution in [1.29, 1.82) is 0 Å². The van der Waals surface area contributed by atoms with Crippen LogP contribution >= 0.6 is 11.9 Å². The molecule has 0 saturated carbocycles. The van der Waals surface area contributed by atoms with Crippen LogP contribution in [0.4, 0.5) is 24.8 Å². The minimum Gasteiger partial charge on any atom is -0.432 e. The molecule has 0 saturated heterocycles. The van der Waals surface area contributed by atoms with Gasteiger partial charge in [0.15, 0.2) is 11.6 Å². The molecule has 32 heavy (non-hydrogen) atoms. The smallest absolute Gasteiger partial charge is 0.228 e. The highest BCUT2D eigenvalue weighted by molar-refractivity contribution is 7.99. The van der Waals surface area contributed by atoms with E-state index in [0.29, 0.717) is 17.0 Å². The summed E-state index contributed by atoms with van der Waals surface area (Å²) in [7, 11) is 0. The Labute approximate surface area is 185 Å². The maximum atomic E-state index is 14.7. The van der Waals surface area contributed by atoms with Crippen LogP contribution in [0, 0.1) is 17.5 Å². The molecule has 4 rings (SSSR count). The highest BCUT2D eigenvalue weighted by Crippen LogP contribution is 2.36. The Morgan fingerprint density at radius 1 is 0.938 bits per heavy atom. The van der Waals surface area contributed by atoms with Gasteiger partial charge < -0.3 is 15.2 Å². The van der Waals surface area contributed by atoms with Crippen LogP contribution in [0.5, 0.6) is 11.6 Å². The third-order valence-electron chi connectivity index (χ3n) is 4.30. The number of aromatic nitrogens is 3. The monoisotopic (exact) mass is 455 g/mol. The molecule has 0 spiro atoms. The van der Waals surface area contributed by atoms with E-state index < -0.39 is 23.2 Å². The molecule has 10 heteroatoms. The summed E-state index contributed by atoms with van der Waals surface area (Å²) in [6.45, 7) is 0. The number of nitrogens with two attached hydrogens (primary N) is 1. The molecule has 6 nitrogen and oxygen atoms in total. The lowest BCUT2D eigenvalue weighted by Gasteiger charge is -2.13. The first-order valence-electron chi connectivity index (χ1n) is 9.34. The van der Waals surface area contributed by atoms with Crippen molar-refractivity contribution in [2.24, 2.45) is 0 Å². The lowest BCUT2D eigenvalue weighted by Crippen LogP contribution is -2.03. The summed E-state index contributed by atoms with van der Waals surface area (Å²) in [5, 5.41) is 0. The second-order valence-electron chi connectivity index (χ2n) is 6.50. The van der Waals surface area contributed by atoms with E-state index in [2.05, 4.69) is 19.7 Å². The van der Waals surface area contributed by atoms with Gasteiger partial charge in [-0.05, 0) is 35.7 Å². The van der Waals surface area contributed by atoms with Gasteiger partial charge in [0.1, 0.15) is 0 Å². The van der Waals surface area contributed by atoms with E-state index in [1.165, 1.54) is 18.5 Å². The molecule has 0 aliphatic rings. The van der Waals surface area contributed by atoms with Gasteiger partial charge in [-0.2, -0.15) is 4.39 Å². The molecule has 0 aliphatic carbocycles. The number of hydrogen-bond donors (Lipinski definition) is 2. The lowest BCUT2D eigenvalue weighted by atomic mass is 10.2. The van der Waals surface area contributed by atoms with Gasteiger partial charge in [0.05, 0.1) is 16.9 Å². The van der Waals surface area contributed by atoms with Gasteiger partial charge in [-0.15, -0.1) is 0 Å². The Hall–Kier alpha value is -3.79. The predicted octanol–water partition coefficient (Wildman–Crippen LogP) is 5.59. The number of nitrogens with zero attached hydrogens (tertiary/aromatic N) is 3. The Morgan fingerprint density at radius 2 is 1.75 bits per heavy atom. The van der Waals surface area contributed by atoms with Crippen molar-refractivity contribution in [3.05, 3.63) is 90.0 Å². The standard InChI is InChI=1S/C22H16F3N5OS/c23-15-11-17(30-32-12-13-5-2-1-3-6-13)18(24)19(25)20(15)31-21-14(7-4-9-27-21)16-8-10-28-22(26)29-16/h1-11,30H,12H2,(H2,26,28,29). The normalized spacial score (nSPS) is 10.7. The fourth-order valence-corrected chi connectivity index (χ4v) is 3.54. The number of hydrogen-bond acceptors (Lipinski definition) is 7. The number of rotatable bonds is 7. The number of benzene rings is 2. The molecule has 2 heterocycles. The Balaban J connectivity index is 1.57. The number of anilines is 2. The van der Waals surface area contributed by atoms with Gasteiger partial charge in [0.2, 0.25) is 23.4 Å². The van der Waals surface area contributed by atoms with Crippen LogP contribution in [0.25, 0.3) is 11.3 Å². The van der Waals surface area contributed by atoms with Gasteiger partial charge in [-0.25, -0.2) is 23.7 Å². The van der Waals surface area contributed by atoms with Crippen molar-refractivity contribution in [3.8, 4) is 22.9 Å². The summed E-state index contributed by atoms with van der Waals surface area (Å²) in [4.78, 5) is 11.9. The van der Waals surface area contributed by atoms with Crippen LogP contribution in [0.15, 0.2) is 67.0 Å². The van der Waals surface area contributed by atoms with E-state index >= 15 is 0 Å². The van der Waals surface area contributed by atoms with Crippen LogP contribution in [-0.2, 0) is 5.75 Å². The summed E-state index contributed by atoms with van der Waals surface area (Å²) in [6, 6.07) is 14.9. The summed E-state index contributed by atoms with van der Waals surface area (Å²) < 4.78 is 51.9. The Morgan fingerprint density at radius 3 is 2.53 bits per heavy atom. The largest absolute Gasteiger partial charge is 0.432 e. The van der Waals surface area contributed by atoms with Crippen LogP contribution in [0.1, 0.15) is 5.56 Å². The van der Waals surface area contributed by atoms with Gasteiger partial charge in [-0.3, -0.25) is 0 Å². The van der Waals surface area contributed by atoms with Crippen molar-refractivity contribution < 1.29 is 17.9 Å². The molecular weight excluding hydrogens is 439 g/mol. The van der Waals surface area contributed by atoms with Gasteiger partial charge >= 0.3 is 0 Å². The summed E-state index contributed by atoms with van der Waals surface area (Å²) in [5.41, 5.74) is 6.87. The molecule has 0 bridgehead atoms. The molecule has 0 radical (unpaired) electrons. The minimum absolute atomic E-state index is 0.00383. The fourth-order valence-electron chi connectivity index (χ4n) is 2.81. The zero-order valence-corrected chi connectivity index (χ0v) is 17.2. The zero-order valence-electron chi connectivity index (χ0n) is 16.4. The minimum atomic E-state index is -1.48. The predicted molar refractivity (Wildman–Crippen MR) is 117 cm³/mol. The van der Waals surface area contributed by atoms with Crippen molar-refractivity contribution in [2.45, 2.75) is 5.75 Å². The Kier molecular flexibility index (Phi) is 6.41. The fraction of sp³-hybridized carbons (Fsp3) is 0.0455. The first-order chi connectivity index (χ1) is 15.5. The van der Waals surface area contributed by atoms with Gasteiger partial charge in [-0.1, -0.05) is 30.3 Å². The molecular formula is C22H16F3N5OS. The number of nitrogen functional groups attached to an aromatic ring is 1. The average Bonchev–Trinajstić information content (AvgIpc) is 2.81. The summed E-state index contributed by atoms with van der Waals surface area (Å²) in [5.74, 6) is -4.45. The third-order valence-corrected chi connectivity index (χ3v) is 5.14. The molecule has 2 aromatic heterocycles. The maximum Gasteiger partial charge on any atom is 0.228 e. The van der Waals surface area contributed by atoms with Crippen molar-refractivity contribution in [1.82, 2.24) is 15.0 Å². The average molecular weight is 455 g/mol. The molecule has 162 valence electrons. The Bertz CT molecular complexity index is 1240. The van der Waals surface area contributed by atoms with E-state index in [-0.39, 0.29) is 17.5 Å². The number of halogens is 3. The summed E-state index contributed by atoms with van der Waals surface area (Å²) >= 11 is 1.10. The van der Waals surface area contributed by atoms with Crippen molar-refractivity contribution in [3.63, 3.8) is 0 Å². The van der Waals surface area contributed by atoms with Crippen LogP contribution in [0.2, 0.25) is 0 Å². The number of nitrogens with one attached hydrogen (secondary N) is 1. The second-order valence-corrected chi connectivity index (χ2v) is 7.28. The molecule has 3 N–H and O–H groups in total. The SMILES string of the molecule is Nc1nccc(-c2cccnc2Oc2c(F)cc(NSCc3ccccc3)c(F)c2F)n1. The topological polar surface area (TPSA) is 86.0 Å². The second kappa shape index (κ2) is 9.56. The van der Waals surface area contributed by atoms with Gasteiger partial charge in [0.25, 0.3) is 0 Å². The molecule has 0 aliphatic heterocycles. The molecule has 0 amide bonds. The zero-order chi connectivity index (χ0) is 22.5. The number of pyridine rings is 1. The maximum absolute atomic E-state index is 14.7. The number of ether oxygens (including phenoxy) is 1. The summed E-state index contributed by atoms with van der Waals surface area (Å²) in [6.07, 6.45) is 2.79. The van der Waals surface area contributed by atoms with Gasteiger partial charge in [0, 0.05) is 24.2 Å². The van der Waals surface area contributed by atoms with Crippen LogP contribution < -0.4 is 15.2 Å². The third kappa shape index (κ3) is 4.75. The first-order valence-corrected chi connectivity index (χ1v) is 10.3. The van der Waals surface area contributed by atoms with E-state index in [4.69, 9.17) is 10.5 Å². The first kappa shape index (κ1) is 21.4. The molecule has 0 atom stereocenters. The quantitative estimate of drug-likeness (QED) is 0.277. The van der Waals surface area contributed by atoms with Crippen molar-refractivity contribution in [2.75, 3.05) is 10.5 Å². The van der Waals surface area contributed by atoms with E-state index in [0.717, 1.165) is 23.6 Å². The highest BCUT2D eigenvalue weighted by atomic mass is 32.2. The van der Waals surface area contributed by atoms with E-state index in [1.807, 2.05) is 30.3 Å². The highest BCUT2D eigenvalue weighted by Gasteiger charge is 2.23. The van der Waals surface area contributed by atoms with Crippen molar-refractivity contribution >= 4 is 23.6 Å². The molecule has 0 unspecified atom stereocenters. The van der Waals surface area contributed by atoms with Crippen LogP contribution in [0.3, 0.4) is 0 Å². The van der Waals surface area contributed by atoms with Crippen LogP contribution in [-0.4, -0.2) is 15.0 Å². The lowest BCUT2D eigenvalue weighted by molar-refractivity contribution is 0.379. The molecule has 4 aromatic rings. The molecule has 2 aromatic carbocycles. The van der Waals surface area contributed by atoms with E-state index in [9.17, 15) is 13.2 Å².